The molecule has 0 aromatic heterocycles. The number of nitrogens with one attached hydrogen (secondary N) is 1. The summed E-state index contributed by atoms with van der Waals surface area (Å²) in [5, 5.41) is 59.6. The number of fused-ring (bicyclic) bond motifs is 1. The number of halogens is 2. The van der Waals surface area contributed by atoms with E-state index in [1.807, 2.05) is 0 Å². The molecule has 2 aromatic carbocycles. The quantitative estimate of drug-likeness (QED) is 0.123. The van der Waals surface area contributed by atoms with Gasteiger partial charge in [0.2, 0.25) is 12.2 Å². The zero-order valence-corrected chi connectivity index (χ0v) is 25.7. The van der Waals surface area contributed by atoms with Crippen molar-refractivity contribution >= 4 is 29.3 Å². The van der Waals surface area contributed by atoms with E-state index in [1.54, 1.807) is 31.2 Å². The maximum absolute atomic E-state index is 15.0. The van der Waals surface area contributed by atoms with E-state index >= 15 is 4.39 Å². The largest absolute Gasteiger partial charge is 0.504 e. The van der Waals surface area contributed by atoms with Gasteiger partial charge in [-0.15, -0.1) is 0 Å². The number of hydrogen-bond acceptors (Lipinski definition) is 12. The highest BCUT2D eigenvalue weighted by atomic mass is 35.5. The van der Waals surface area contributed by atoms with Crippen LogP contribution in [0.2, 0.25) is 5.02 Å². The van der Waals surface area contributed by atoms with Crippen LogP contribution in [0.5, 0.6) is 11.5 Å². The molecule has 2 heterocycles. The Hall–Kier alpha value is -3.34. The lowest BCUT2D eigenvalue weighted by atomic mass is 9.83. The van der Waals surface area contributed by atoms with Gasteiger partial charge < -0.3 is 54.6 Å². The molecule has 3 unspecified atom stereocenters. The van der Waals surface area contributed by atoms with Gasteiger partial charge >= 0.3 is 0 Å². The van der Waals surface area contributed by atoms with Crippen molar-refractivity contribution in [2.75, 3.05) is 6.79 Å². The van der Waals surface area contributed by atoms with Gasteiger partial charge in [-0.25, -0.2) is 4.39 Å². The number of amides is 1. The van der Waals surface area contributed by atoms with Crippen LogP contribution in [0.25, 0.3) is 6.08 Å². The predicted molar refractivity (Wildman–Crippen MR) is 160 cm³/mol. The van der Waals surface area contributed by atoms with Crippen LogP contribution in [-0.4, -0.2) is 105 Å². The molecular weight excluding hydrogens is 631 g/mol. The van der Waals surface area contributed by atoms with Crippen LogP contribution in [-0.2, 0) is 30.4 Å². The lowest BCUT2D eigenvalue weighted by molar-refractivity contribution is -0.155. The number of phenols is 1. The van der Waals surface area contributed by atoms with E-state index in [-0.39, 0.29) is 30.4 Å². The highest BCUT2D eigenvalue weighted by molar-refractivity contribution is 6.30. The minimum Gasteiger partial charge on any atom is -0.504 e. The number of nitrogens with zero attached hydrogens (tertiary/aromatic N) is 1. The molecule has 0 spiro atoms. The summed E-state index contributed by atoms with van der Waals surface area (Å²) in [6, 6.07) is 9.87. The monoisotopic (exact) mass is 666 g/mol. The molecule has 6 N–H and O–H groups in total. The zero-order chi connectivity index (χ0) is 33.1. The van der Waals surface area contributed by atoms with Gasteiger partial charge in [0.1, 0.15) is 56.1 Å². The summed E-state index contributed by atoms with van der Waals surface area (Å²) in [6.07, 6.45) is -10.7. The summed E-state index contributed by atoms with van der Waals surface area (Å²) in [4.78, 5) is 18.3. The van der Waals surface area contributed by atoms with Crippen LogP contribution in [0, 0.1) is 0 Å². The number of benzene rings is 2. The summed E-state index contributed by atoms with van der Waals surface area (Å²) >= 11 is 5.98. The number of aliphatic hydroxyl groups is 4. The Morgan fingerprint density at radius 3 is 2.52 bits per heavy atom. The van der Waals surface area contributed by atoms with Crippen LogP contribution in [0.15, 0.2) is 53.2 Å². The third-order valence-corrected chi connectivity index (χ3v) is 8.27. The Labute approximate surface area is 268 Å². The Morgan fingerprint density at radius 2 is 1.83 bits per heavy atom. The molecular formula is C31H36ClFN2O11. The van der Waals surface area contributed by atoms with E-state index in [1.165, 1.54) is 31.2 Å². The Morgan fingerprint density at radius 1 is 1.09 bits per heavy atom. The normalized spacial score (nSPS) is 33.0. The first kappa shape index (κ1) is 34.0. The minimum absolute atomic E-state index is 0.0978. The number of phenolic OH excluding ortho intramolecular Hbond substituents is 1. The summed E-state index contributed by atoms with van der Waals surface area (Å²) in [5.74, 6) is -1.18. The van der Waals surface area contributed by atoms with Gasteiger partial charge in [-0.2, -0.15) is 0 Å². The molecule has 250 valence electrons. The molecule has 0 bridgehead atoms. The van der Waals surface area contributed by atoms with Crippen LogP contribution in [0.1, 0.15) is 31.4 Å². The van der Waals surface area contributed by atoms with Gasteiger partial charge in [0.25, 0.3) is 0 Å². The second kappa shape index (κ2) is 14.6. The van der Waals surface area contributed by atoms with Crippen molar-refractivity contribution in [2.24, 2.45) is 5.16 Å². The van der Waals surface area contributed by atoms with Crippen molar-refractivity contribution in [3.8, 4) is 11.5 Å². The molecule has 1 saturated carbocycles. The van der Waals surface area contributed by atoms with Gasteiger partial charge in [-0.05, 0) is 54.8 Å². The summed E-state index contributed by atoms with van der Waals surface area (Å²) in [7, 11) is 0. The highest BCUT2D eigenvalue weighted by Gasteiger charge is 2.53. The van der Waals surface area contributed by atoms with Crippen molar-refractivity contribution in [3.05, 3.63) is 64.2 Å². The van der Waals surface area contributed by atoms with Crippen LogP contribution in [0.3, 0.4) is 0 Å². The number of carbonyl (C=O) groups is 1. The van der Waals surface area contributed by atoms with E-state index in [9.17, 15) is 30.3 Å². The zero-order valence-electron chi connectivity index (χ0n) is 24.9. The van der Waals surface area contributed by atoms with Gasteiger partial charge in [0.05, 0.1) is 11.8 Å². The predicted octanol–water partition coefficient (Wildman–Crippen LogP) is 1.56. The first-order valence-corrected chi connectivity index (χ1v) is 15.0. The van der Waals surface area contributed by atoms with E-state index in [0.29, 0.717) is 17.0 Å². The molecule has 5 rings (SSSR count). The number of alkyl halides is 1. The Balaban J connectivity index is 1.19. The standard InChI is InChI=1S/C31H36ClFN2O11/c1-3-18(35-44-12-16-5-4-6-17(32)10-16)27-23(37)21(33)31(46-27)45-20-8-7-15(11-19(20)36)9-14(2)30(41)34-22-24(38)26(40)29-28(25(22)39)42-13-43-29/h4-11,21-29,31,36-40H,3,12-13H2,1-2H3,(H,34,41)/b14-9+,35-18-/t21-,22+,23-,24?,25+,26?,27+,28-,29?,31+/m0/s1. The SMILES string of the molecule is CC/C(=N/OCc1cccc(Cl)c1)[C@H]1O[C@@H](Oc2ccc(/C=C(\C)C(=O)N[C@@H]3C(O)C(O)C4OCO[C@H]4[C@@H]3O)cc2O)[C@@H](F)[C@@H]1O. The summed E-state index contributed by atoms with van der Waals surface area (Å²) < 4.78 is 36.7. The van der Waals surface area contributed by atoms with Crippen molar-refractivity contribution in [1.29, 1.82) is 0 Å². The second-order valence-electron chi connectivity index (χ2n) is 11.2. The molecule has 13 nitrogen and oxygen atoms in total. The van der Waals surface area contributed by atoms with Gasteiger partial charge in [0.15, 0.2) is 17.7 Å². The van der Waals surface area contributed by atoms with Crippen molar-refractivity contribution in [1.82, 2.24) is 5.32 Å². The number of rotatable bonds is 10. The van der Waals surface area contributed by atoms with E-state index in [2.05, 4.69) is 10.5 Å². The maximum atomic E-state index is 15.0. The molecule has 1 amide bonds. The molecule has 10 atom stereocenters. The minimum atomic E-state index is -1.97. The molecule has 3 aliphatic rings. The van der Waals surface area contributed by atoms with Crippen LogP contribution in [0.4, 0.5) is 4.39 Å². The summed E-state index contributed by atoms with van der Waals surface area (Å²) in [5.41, 5.74) is 1.54. The number of oxime groups is 1. The second-order valence-corrected chi connectivity index (χ2v) is 11.7. The van der Waals surface area contributed by atoms with Crippen molar-refractivity contribution in [3.63, 3.8) is 0 Å². The van der Waals surface area contributed by atoms with Gasteiger partial charge in [0, 0.05) is 10.6 Å². The topological polar surface area (TPSA) is 189 Å². The maximum Gasteiger partial charge on any atom is 0.247 e. The fraction of sp³-hybridized carbons (Fsp3) is 0.484. The fourth-order valence-corrected chi connectivity index (χ4v) is 5.73. The number of carbonyl (C=O) groups excluding carboxylic acids is 1. The average Bonchev–Trinajstić information content (AvgIpc) is 3.63. The van der Waals surface area contributed by atoms with E-state index in [0.717, 1.165) is 5.56 Å². The van der Waals surface area contributed by atoms with E-state index in [4.69, 9.17) is 35.4 Å². The first-order valence-electron chi connectivity index (χ1n) is 14.7. The average molecular weight is 667 g/mol. The highest BCUT2D eigenvalue weighted by Crippen LogP contribution is 2.34. The smallest absolute Gasteiger partial charge is 0.247 e. The molecule has 46 heavy (non-hydrogen) atoms. The molecule has 2 saturated heterocycles. The summed E-state index contributed by atoms with van der Waals surface area (Å²) in [6.45, 7) is 3.16. The third kappa shape index (κ3) is 7.29. The fourth-order valence-electron chi connectivity index (χ4n) is 5.52. The molecule has 0 radical (unpaired) electrons. The Bertz CT molecular complexity index is 1460. The molecule has 2 aliphatic heterocycles. The molecule has 1 aliphatic carbocycles. The molecule has 3 fully saturated rings. The lowest BCUT2D eigenvalue weighted by Gasteiger charge is -2.41. The van der Waals surface area contributed by atoms with Crippen molar-refractivity contribution in [2.45, 2.75) is 88.1 Å². The van der Waals surface area contributed by atoms with Gasteiger partial charge in [-0.3, -0.25) is 4.79 Å². The lowest BCUT2D eigenvalue weighted by Crippen LogP contribution is -2.67. The molecule has 2 aromatic rings. The number of ether oxygens (including phenoxy) is 4. The van der Waals surface area contributed by atoms with Crippen LogP contribution < -0.4 is 10.1 Å². The number of hydrogen-bond donors (Lipinski definition) is 6. The van der Waals surface area contributed by atoms with Gasteiger partial charge in [-0.1, -0.05) is 41.9 Å². The third-order valence-electron chi connectivity index (χ3n) is 8.04. The molecule has 15 heteroatoms. The number of aliphatic hydroxyl groups excluding tert-OH is 4. The first-order chi connectivity index (χ1) is 22.0. The van der Waals surface area contributed by atoms with E-state index < -0.39 is 72.9 Å². The number of aromatic hydroxyl groups is 1. The Kier molecular flexibility index (Phi) is 10.8. The van der Waals surface area contributed by atoms with Crippen molar-refractivity contribution < 1.29 is 58.5 Å². The van der Waals surface area contributed by atoms with Crippen LogP contribution >= 0.6 is 11.6 Å².